The summed E-state index contributed by atoms with van der Waals surface area (Å²) in [5, 5.41) is -0.922. The smallest absolute Gasteiger partial charge is 0.312 e. The van der Waals surface area contributed by atoms with Crippen LogP contribution in [0.3, 0.4) is 0 Å². The van der Waals surface area contributed by atoms with Crippen LogP contribution in [0.2, 0.25) is 0 Å². The molecule has 1 aromatic rings. The number of esters is 1. The van der Waals surface area contributed by atoms with E-state index < -0.39 is 15.1 Å². The number of carbonyl (C=O) groups excluding carboxylic acids is 1. The summed E-state index contributed by atoms with van der Waals surface area (Å²) in [7, 11) is 0. The number of ether oxygens (including phenoxy) is 1. The molecule has 0 aliphatic carbocycles. The van der Waals surface area contributed by atoms with Gasteiger partial charge in [0.05, 0.1) is 11.8 Å². The molecular weight excluding hydrogens is 294 g/mol. The number of rotatable bonds is 3. The van der Waals surface area contributed by atoms with Gasteiger partial charge < -0.3 is 4.74 Å². The van der Waals surface area contributed by atoms with E-state index in [4.69, 9.17) is 51.1 Å². The van der Waals surface area contributed by atoms with E-state index in [2.05, 4.69) is 0 Å². The van der Waals surface area contributed by atoms with Crippen LogP contribution in [0.15, 0.2) is 30.3 Å². The largest absolute Gasteiger partial charge is 0.426 e. The molecule has 0 saturated carbocycles. The van der Waals surface area contributed by atoms with Crippen molar-refractivity contribution in [2.45, 2.75) is 15.6 Å². The Bertz CT molecular complexity index is 348. The number of carbonyl (C=O) groups is 1. The molecule has 6 heteroatoms. The van der Waals surface area contributed by atoms with Crippen molar-refractivity contribution in [1.29, 1.82) is 0 Å². The monoisotopic (exact) mass is 300 g/mol. The third-order valence-corrected chi connectivity index (χ3v) is 3.28. The number of para-hydroxylation sites is 1. The number of hydrogen-bond donors (Lipinski definition) is 0. The van der Waals surface area contributed by atoms with E-state index in [-0.39, 0.29) is 6.42 Å². The number of hydrogen-bond acceptors (Lipinski definition) is 2. The molecular formula is C10H8Cl4O2. The van der Waals surface area contributed by atoms with Crippen LogP contribution in [-0.4, -0.2) is 15.1 Å². The summed E-state index contributed by atoms with van der Waals surface area (Å²) in [6, 6.07) is 8.60. The molecule has 0 aliphatic rings. The van der Waals surface area contributed by atoms with E-state index in [0.29, 0.717) is 5.75 Å². The predicted octanol–water partition coefficient (Wildman–Crippen LogP) is 3.96. The minimum absolute atomic E-state index is 0.174. The van der Waals surface area contributed by atoms with Crippen molar-refractivity contribution in [2.24, 2.45) is 0 Å². The molecule has 0 N–H and O–H groups in total. The van der Waals surface area contributed by atoms with Crippen LogP contribution in [0.5, 0.6) is 5.75 Å². The van der Waals surface area contributed by atoms with E-state index in [1.54, 1.807) is 24.3 Å². The number of halogens is 4. The highest BCUT2D eigenvalue weighted by Crippen LogP contribution is 2.35. The first kappa shape index (κ1) is 13.9. The van der Waals surface area contributed by atoms with Crippen molar-refractivity contribution < 1.29 is 9.53 Å². The Hall–Kier alpha value is -0.150. The highest BCUT2D eigenvalue weighted by molar-refractivity contribution is 6.70. The molecule has 0 saturated heterocycles. The van der Waals surface area contributed by atoms with Crippen LogP contribution < -0.4 is 4.74 Å². The molecule has 16 heavy (non-hydrogen) atoms. The normalized spacial score (nSPS) is 13.2. The molecule has 2 nitrogen and oxygen atoms in total. The lowest BCUT2D eigenvalue weighted by Crippen LogP contribution is -2.25. The zero-order valence-electron chi connectivity index (χ0n) is 8.00. The van der Waals surface area contributed by atoms with E-state index in [9.17, 15) is 4.79 Å². The minimum Gasteiger partial charge on any atom is -0.426 e. The standard InChI is InChI=1S/C10H8Cl4O2/c11-8(10(12,13)14)6-9(15)16-7-4-2-1-3-5-7/h1-5,8H,6H2. The van der Waals surface area contributed by atoms with E-state index in [1.165, 1.54) is 0 Å². The maximum absolute atomic E-state index is 11.4. The van der Waals surface area contributed by atoms with Gasteiger partial charge in [0.2, 0.25) is 3.79 Å². The summed E-state index contributed by atoms with van der Waals surface area (Å²) < 4.78 is 3.30. The van der Waals surface area contributed by atoms with Crippen molar-refractivity contribution >= 4 is 52.4 Å². The zero-order chi connectivity index (χ0) is 12.2. The average molecular weight is 302 g/mol. The highest BCUT2D eigenvalue weighted by Gasteiger charge is 2.33. The molecule has 88 valence electrons. The van der Waals surface area contributed by atoms with Gasteiger partial charge in [0.25, 0.3) is 0 Å². The summed E-state index contributed by atoms with van der Waals surface area (Å²) in [5.74, 6) is -0.113. The SMILES string of the molecule is O=C(CC(Cl)C(Cl)(Cl)Cl)Oc1ccccc1. The highest BCUT2D eigenvalue weighted by atomic mass is 35.6. The zero-order valence-corrected chi connectivity index (χ0v) is 11.0. The van der Waals surface area contributed by atoms with Gasteiger partial charge in [-0.25, -0.2) is 0 Å². The lowest BCUT2D eigenvalue weighted by Gasteiger charge is -2.16. The maximum Gasteiger partial charge on any atom is 0.312 e. The fourth-order valence-electron chi connectivity index (χ4n) is 0.924. The number of alkyl halides is 4. The lowest BCUT2D eigenvalue weighted by atomic mass is 10.3. The molecule has 0 amide bonds. The van der Waals surface area contributed by atoms with Gasteiger partial charge in [-0.1, -0.05) is 53.0 Å². The summed E-state index contributed by atoms with van der Waals surface area (Å²) >= 11 is 22.3. The van der Waals surface area contributed by atoms with Crippen molar-refractivity contribution in [2.75, 3.05) is 0 Å². The van der Waals surface area contributed by atoms with Crippen molar-refractivity contribution in [3.05, 3.63) is 30.3 Å². The van der Waals surface area contributed by atoms with Gasteiger partial charge in [-0.15, -0.1) is 11.6 Å². The first-order valence-corrected chi connectivity index (χ1v) is 5.93. The second-order valence-corrected chi connectivity index (χ2v) is 5.90. The van der Waals surface area contributed by atoms with Crippen molar-refractivity contribution in [3.63, 3.8) is 0 Å². The first-order chi connectivity index (χ1) is 7.39. The summed E-state index contributed by atoms with van der Waals surface area (Å²) in [4.78, 5) is 11.4. The van der Waals surface area contributed by atoms with E-state index in [1.807, 2.05) is 6.07 Å². The van der Waals surface area contributed by atoms with Gasteiger partial charge >= 0.3 is 5.97 Å². The molecule has 1 aromatic carbocycles. The fraction of sp³-hybridized carbons (Fsp3) is 0.300. The van der Waals surface area contributed by atoms with Crippen molar-refractivity contribution in [3.8, 4) is 5.75 Å². The van der Waals surface area contributed by atoms with Crippen LogP contribution in [0.1, 0.15) is 6.42 Å². The Balaban J connectivity index is 2.49. The fourth-order valence-corrected chi connectivity index (χ4v) is 1.28. The summed E-state index contributed by atoms with van der Waals surface area (Å²) in [5.41, 5.74) is 0. The molecule has 1 rings (SSSR count). The summed E-state index contributed by atoms with van der Waals surface area (Å²) in [6.45, 7) is 0. The Morgan fingerprint density at radius 2 is 1.81 bits per heavy atom. The molecule has 0 heterocycles. The Morgan fingerprint density at radius 1 is 1.25 bits per heavy atom. The third-order valence-electron chi connectivity index (χ3n) is 1.68. The van der Waals surface area contributed by atoms with Gasteiger partial charge in [-0.2, -0.15) is 0 Å². The summed E-state index contributed by atoms with van der Waals surface area (Å²) in [6.07, 6.45) is -0.174. The molecule has 1 atom stereocenters. The van der Waals surface area contributed by atoms with E-state index >= 15 is 0 Å². The van der Waals surface area contributed by atoms with Crippen LogP contribution >= 0.6 is 46.4 Å². The molecule has 0 spiro atoms. The molecule has 0 aliphatic heterocycles. The van der Waals surface area contributed by atoms with Crippen LogP contribution in [0, 0.1) is 0 Å². The van der Waals surface area contributed by atoms with Gasteiger partial charge in [0.15, 0.2) is 0 Å². The maximum atomic E-state index is 11.4. The molecule has 1 unspecified atom stereocenters. The molecule has 0 radical (unpaired) electrons. The average Bonchev–Trinajstić information content (AvgIpc) is 2.17. The predicted molar refractivity (Wildman–Crippen MR) is 66.6 cm³/mol. The number of benzene rings is 1. The van der Waals surface area contributed by atoms with Crippen LogP contribution in [-0.2, 0) is 4.79 Å². The van der Waals surface area contributed by atoms with Crippen LogP contribution in [0.25, 0.3) is 0 Å². The van der Waals surface area contributed by atoms with E-state index in [0.717, 1.165) is 0 Å². The first-order valence-electron chi connectivity index (χ1n) is 4.36. The van der Waals surface area contributed by atoms with Crippen molar-refractivity contribution in [1.82, 2.24) is 0 Å². The third kappa shape index (κ3) is 4.79. The second-order valence-electron chi connectivity index (χ2n) is 3.00. The Morgan fingerprint density at radius 3 is 2.31 bits per heavy atom. The molecule has 0 fully saturated rings. The van der Waals surface area contributed by atoms with Gasteiger partial charge in [-0.3, -0.25) is 4.79 Å². The van der Waals surface area contributed by atoms with Gasteiger partial charge in [-0.05, 0) is 12.1 Å². The minimum atomic E-state index is -1.68. The Labute approximate surface area is 113 Å². The topological polar surface area (TPSA) is 26.3 Å². The molecule has 0 bridgehead atoms. The van der Waals surface area contributed by atoms with Gasteiger partial charge in [0, 0.05) is 0 Å². The quantitative estimate of drug-likeness (QED) is 0.480. The molecule has 0 aromatic heterocycles. The second kappa shape index (κ2) is 5.97. The lowest BCUT2D eigenvalue weighted by molar-refractivity contribution is -0.134. The van der Waals surface area contributed by atoms with Crippen LogP contribution in [0.4, 0.5) is 0 Å². The van der Waals surface area contributed by atoms with Gasteiger partial charge in [0.1, 0.15) is 5.75 Å². The Kier molecular flexibility index (Phi) is 5.19.